The Hall–Kier alpha value is -2.54. The molecule has 0 aliphatic carbocycles. The molecule has 0 saturated carbocycles. The summed E-state index contributed by atoms with van der Waals surface area (Å²) in [4.78, 5) is 25.2. The van der Waals surface area contributed by atoms with Crippen LogP contribution in [-0.2, 0) is 11.2 Å². The number of hydrogen-bond acceptors (Lipinski definition) is 4. The summed E-state index contributed by atoms with van der Waals surface area (Å²) in [6.07, 6.45) is 1.46. The Morgan fingerprint density at radius 3 is 2.57 bits per heavy atom. The molecule has 1 N–H and O–H groups in total. The van der Waals surface area contributed by atoms with Crippen molar-refractivity contribution >= 4 is 28.9 Å². The minimum Gasteiger partial charge on any atom is -0.368 e. The van der Waals surface area contributed by atoms with E-state index in [4.69, 9.17) is 0 Å². The monoisotopic (exact) mass is 427 g/mol. The third-order valence-electron chi connectivity index (χ3n) is 5.31. The number of para-hydroxylation sites is 1. The van der Waals surface area contributed by atoms with Crippen LogP contribution < -0.4 is 10.2 Å². The van der Waals surface area contributed by atoms with Crippen LogP contribution in [0, 0.1) is 0 Å². The van der Waals surface area contributed by atoms with Gasteiger partial charge in [0, 0.05) is 63.3 Å². The van der Waals surface area contributed by atoms with Crippen molar-refractivity contribution in [3.8, 4) is 0 Å². The number of guanidine groups is 1. The van der Waals surface area contributed by atoms with E-state index in [2.05, 4.69) is 75.9 Å². The van der Waals surface area contributed by atoms with Crippen molar-refractivity contribution in [1.29, 1.82) is 0 Å². The fourth-order valence-corrected chi connectivity index (χ4v) is 4.27. The van der Waals surface area contributed by atoms with Crippen LogP contribution in [0.3, 0.4) is 0 Å². The molecular weight excluding hydrogens is 394 g/mol. The number of piperazine rings is 1. The van der Waals surface area contributed by atoms with Gasteiger partial charge in [0.2, 0.25) is 5.91 Å². The first-order valence-electron chi connectivity index (χ1n) is 10.8. The molecule has 1 aromatic heterocycles. The van der Waals surface area contributed by atoms with Crippen molar-refractivity contribution < 1.29 is 4.79 Å². The van der Waals surface area contributed by atoms with Crippen LogP contribution in [0.1, 0.15) is 18.2 Å². The van der Waals surface area contributed by atoms with E-state index in [1.807, 2.05) is 11.0 Å². The number of amides is 1. The van der Waals surface area contributed by atoms with Crippen molar-refractivity contribution in [2.45, 2.75) is 19.8 Å². The van der Waals surface area contributed by atoms with Gasteiger partial charge in [-0.05, 0) is 36.9 Å². The Kier molecular flexibility index (Phi) is 8.56. The number of nitrogens with one attached hydrogen (secondary N) is 1. The lowest BCUT2D eigenvalue weighted by Gasteiger charge is -2.36. The first-order chi connectivity index (χ1) is 14.7. The van der Waals surface area contributed by atoms with Crippen molar-refractivity contribution in [3.63, 3.8) is 0 Å². The number of carbonyl (C=O) groups is 1. The minimum absolute atomic E-state index is 0.198. The molecule has 3 rings (SSSR count). The highest BCUT2D eigenvalue weighted by atomic mass is 32.1. The second-order valence-corrected chi connectivity index (χ2v) is 8.47. The Labute approximate surface area is 184 Å². The molecule has 0 bridgehead atoms. The zero-order valence-corrected chi connectivity index (χ0v) is 18.9. The van der Waals surface area contributed by atoms with Crippen molar-refractivity contribution in [3.05, 3.63) is 52.7 Å². The number of likely N-dealkylation sites (N-methyl/N-ethyl adjacent to an activating group) is 1. The van der Waals surface area contributed by atoms with Gasteiger partial charge in [-0.3, -0.25) is 9.79 Å². The van der Waals surface area contributed by atoms with Gasteiger partial charge in [-0.2, -0.15) is 0 Å². The van der Waals surface area contributed by atoms with Crippen molar-refractivity contribution in [2.24, 2.45) is 4.99 Å². The lowest BCUT2D eigenvalue weighted by molar-refractivity contribution is -0.131. The Morgan fingerprint density at radius 2 is 1.90 bits per heavy atom. The Morgan fingerprint density at radius 1 is 1.13 bits per heavy atom. The van der Waals surface area contributed by atoms with Gasteiger partial charge in [-0.25, -0.2) is 0 Å². The molecule has 6 nitrogen and oxygen atoms in total. The van der Waals surface area contributed by atoms with Crippen LogP contribution in [0.15, 0.2) is 52.8 Å². The maximum absolute atomic E-state index is 12.6. The number of carbonyl (C=O) groups excluding carboxylic acids is 1. The molecule has 1 aliphatic rings. The maximum Gasteiger partial charge on any atom is 0.224 e. The van der Waals surface area contributed by atoms with E-state index in [1.165, 1.54) is 10.6 Å². The van der Waals surface area contributed by atoms with E-state index in [0.717, 1.165) is 51.6 Å². The zero-order chi connectivity index (χ0) is 21.2. The lowest BCUT2D eigenvalue weighted by atomic mass is 10.2. The van der Waals surface area contributed by atoms with Gasteiger partial charge in [-0.15, -0.1) is 11.3 Å². The van der Waals surface area contributed by atoms with E-state index in [-0.39, 0.29) is 5.91 Å². The van der Waals surface area contributed by atoms with Crippen LogP contribution in [0.4, 0.5) is 5.69 Å². The summed E-state index contributed by atoms with van der Waals surface area (Å²) in [5, 5.41) is 5.45. The topological polar surface area (TPSA) is 51.2 Å². The van der Waals surface area contributed by atoms with Gasteiger partial charge in [0.05, 0.1) is 6.54 Å². The van der Waals surface area contributed by atoms with Crippen molar-refractivity contribution in [2.75, 3.05) is 57.8 Å². The number of aliphatic imine (C=N–C) groups is 1. The predicted molar refractivity (Wildman–Crippen MR) is 126 cm³/mol. The van der Waals surface area contributed by atoms with Gasteiger partial charge in [0.1, 0.15) is 0 Å². The van der Waals surface area contributed by atoms with Crippen molar-refractivity contribution in [1.82, 2.24) is 15.1 Å². The molecule has 1 aromatic carbocycles. The van der Waals surface area contributed by atoms with Crippen LogP contribution in [-0.4, -0.2) is 74.5 Å². The molecule has 2 heterocycles. The van der Waals surface area contributed by atoms with Crippen LogP contribution in [0.25, 0.3) is 0 Å². The number of rotatable bonds is 8. The molecule has 1 amide bonds. The first kappa shape index (κ1) is 22.2. The van der Waals surface area contributed by atoms with E-state index >= 15 is 0 Å². The fraction of sp³-hybridized carbons (Fsp3) is 0.478. The quantitative estimate of drug-likeness (QED) is 0.520. The number of anilines is 1. The maximum atomic E-state index is 12.6. The van der Waals surface area contributed by atoms with Gasteiger partial charge in [-0.1, -0.05) is 24.3 Å². The molecule has 0 unspecified atom stereocenters. The summed E-state index contributed by atoms with van der Waals surface area (Å²) in [7, 11) is 2.06. The summed E-state index contributed by atoms with van der Waals surface area (Å²) in [6.45, 7) is 7.62. The van der Waals surface area contributed by atoms with E-state index in [0.29, 0.717) is 13.0 Å². The highest BCUT2D eigenvalue weighted by Crippen LogP contribution is 2.16. The van der Waals surface area contributed by atoms with Gasteiger partial charge >= 0.3 is 0 Å². The predicted octanol–water partition coefficient (Wildman–Crippen LogP) is 2.93. The van der Waals surface area contributed by atoms with Gasteiger partial charge in [0.25, 0.3) is 0 Å². The third-order valence-corrected chi connectivity index (χ3v) is 6.25. The van der Waals surface area contributed by atoms with Crippen LogP contribution >= 0.6 is 11.3 Å². The lowest BCUT2D eigenvalue weighted by Crippen LogP contribution is -2.49. The molecule has 0 spiro atoms. The van der Waals surface area contributed by atoms with E-state index in [9.17, 15) is 4.79 Å². The number of thiophene rings is 1. The molecule has 0 radical (unpaired) electrons. The third kappa shape index (κ3) is 6.49. The smallest absolute Gasteiger partial charge is 0.224 e. The summed E-state index contributed by atoms with van der Waals surface area (Å²) in [5.74, 6) is 1.07. The average molecular weight is 428 g/mol. The second kappa shape index (κ2) is 11.6. The first-order valence-corrected chi connectivity index (χ1v) is 11.6. The molecule has 162 valence electrons. The Balaban J connectivity index is 1.43. The normalized spacial score (nSPS) is 14.7. The molecule has 2 aromatic rings. The highest BCUT2D eigenvalue weighted by Gasteiger charge is 2.20. The summed E-state index contributed by atoms with van der Waals surface area (Å²) in [5.41, 5.74) is 1.23. The standard InChI is InChI=1S/C23H33N5OS/c1-3-24-23(26(2)14-12-21-10-7-19-30-21)25-13-11-22(29)28-17-15-27(16-18-28)20-8-5-4-6-9-20/h4-10,19H,3,11-18H2,1-2H3,(H,24,25). The number of nitrogens with zero attached hydrogens (tertiary/aromatic N) is 4. The Bertz CT molecular complexity index is 785. The SMILES string of the molecule is CCNC(=NCCC(=O)N1CCN(c2ccccc2)CC1)N(C)CCc1cccs1. The molecule has 1 saturated heterocycles. The minimum atomic E-state index is 0.198. The molecular formula is C23H33N5OS. The number of benzene rings is 1. The summed E-state index contributed by atoms with van der Waals surface area (Å²) in [6, 6.07) is 14.7. The second-order valence-electron chi connectivity index (χ2n) is 7.44. The van der Waals surface area contributed by atoms with E-state index in [1.54, 1.807) is 11.3 Å². The molecule has 30 heavy (non-hydrogen) atoms. The largest absolute Gasteiger partial charge is 0.368 e. The number of hydrogen-bond donors (Lipinski definition) is 1. The molecule has 0 atom stereocenters. The highest BCUT2D eigenvalue weighted by molar-refractivity contribution is 7.09. The van der Waals surface area contributed by atoms with E-state index < -0.39 is 0 Å². The summed E-state index contributed by atoms with van der Waals surface area (Å²) >= 11 is 1.79. The van der Waals surface area contributed by atoms with Crippen LogP contribution in [0.2, 0.25) is 0 Å². The average Bonchev–Trinajstić information content (AvgIpc) is 3.31. The van der Waals surface area contributed by atoms with Crippen LogP contribution in [0.5, 0.6) is 0 Å². The molecule has 1 aliphatic heterocycles. The molecule has 7 heteroatoms. The fourth-order valence-electron chi connectivity index (χ4n) is 3.58. The van der Waals surface area contributed by atoms with Gasteiger partial charge < -0.3 is 20.0 Å². The zero-order valence-electron chi connectivity index (χ0n) is 18.1. The molecule has 1 fully saturated rings. The summed E-state index contributed by atoms with van der Waals surface area (Å²) < 4.78 is 0. The van der Waals surface area contributed by atoms with Gasteiger partial charge in [0.15, 0.2) is 5.96 Å².